The number of hydrogen-bond donors (Lipinski definition) is 2. The van der Waals surface area contributed by atoms with Crippen molar-refractivity contribution in [2.24, 2.45) is 53.1 Å². The van der Waals surface area contributed by atoms with Gasteiger partial charge in [-0.05, 0) is 47.3 Å². The number of rotatable bonds is 37. The van der Waals surface area contributed by atoms with Gasteiger partial charge in [0.1, 0.15) is 6.61 Å². The third kappa shape index (κ3) is 34.7. The van der Waals surface area contributed by atoms with E-state index in [-0.39, 0.29) is 50.4 Å². The van der Waals surface area contributed by atoms with Gasteiger partial charge in [-0.2, -0.15) is 0 Å². The van der Waals surface area contributed by atoms with Crippen LogP contribution in [0.2, 0.25) is 0 Å². The van der Waals surface area contributed by atoms with Gasteiger partial charge in [0.05, 0.1) is 13.2 Å². The highest BCUT2D eigenvalue weighted by Crippen LogP contribution is 2.43. The lowest BCUT2D eigenvalue weighted by Gasteiger charge is -2.21. The Hall–Kier alpha value is -0.990. The molecular weight excluding hydrogens is 713 g/mol. The van der Waals surface area contributed by atoms with Crippen molar-refractivity contribution >= 4 is 19.8 Å². The topological polar surface area (TPSA) is 134 Å². The van der Waals surface area contributed by atoms with Crippen LogP contribution in [0.4, 0.5) is 0 Å². The van der Waals surface area contributed by atoms with Crippen molar-refractivity contribution in [1.82, 2.24) is 0 Å². The van der Waals surface area contributed by atoms with Gasteiger partial charge in [-0.25, -0.2) is 4.57 Å². The third-order valence-electron chi connectivity index (χ3n) is 11.1. The molecule has 0 saturated carbocycles. The first kappa shape index (κ1) is 54.0. The first-order chi connectivity index (χ1) is 25.9. The summed E-state index contributed by atoms with van der Waals surface area (Å²) in [5.74, 6) is 3.95. The third-order valence-corrected chi connectivity index (χ3v) is 12.1. The van der Waals surface area contributed by atoms with Crippen molar-refractivity contribution < 1.29 is 37.6 Å². The summed E-state index contributed by atoms with van der Waals surface area (Å²) in [6.07, 6.45) is 21.3. The number of phosphoric ester groups is 1. The van der Waals surface area contributed by atoms with Crippen LogP contribution in [-0.2, 0) is 32.7 Å². The molecule has 0 heterocycles. The van der Waals surface area contributed by atoms with Crippen molar-refractivity contribution in [3.63, 3.8) is 0 Å². The Labute approximate surface area is 339 Å². The minimum absolute atomic E-state index is 0.0490. The fraction of sp³-hybridized carbons (Fsp3) is 0.956. The molecule has 9 nitrogen and oxygen atoms in total. The molecule has 8 atom stereocenters. The number of esters is 2. The molecule has 0 aromatic carbocycles. The summed E-state index contributed by atoms with van der Waals surface area (Å²) in [5, 5.41) is 0. The molecule has 0 bridgehead atoms. The summed E-state index contributed by atoms with van der Waals surface area (Å²) in [6.45, 7) is 21.9. The highest BCUT2D eigenvalue weighted by molar-refractivity contribution is 7.47. The molecule has 0 aromatic rings. The van der Waals surface area contributed by atoms with E-state index < -0.39 is 26.5 Å². The van der Waals surface area contributed by atoms with Gasteiger partial charge in [0, 0.05) is 19.4 Å². The summed E-state index contributed by atoms with van der Waals surface area (Å²) in [4.78, 5) is 35.7. The zero-order valence-corrected chi connectivity index (χ0v) is 38.4. The summed E-state index contributed by atoms with van der Waals surface area (Å²) in [5.41, 5.74) is 5.38. The van der Waals surface area contributed by atoms with Crippen molar-refractivity contribution in [3.8, 4) is 0 Å². The SMILES string of the molecule is CC(C)CCC[C@H](C)CCC[C@H](C)CCCC(C)CC(=O)OC[C@H](COP(=O)(O)OCCN)OC(=O)CC(C)CCC[C@@H](C)CCC[C@@H](C)CCCC(C)C. The normalized spacial score (nSPS) is 17.0. The van der Waals surface area contributed by atoms with Crippen LogP contribution in [0.15, 0.2) is 0 Å². The van der Waals surface area contributed by atoms with E-state index in [1.165, 1.54) is 77.0 Å². The van der Waals surface area contributed by atoms with E-state index in [1.54, 1.807) is 0 Å². The molecule has 3 N–H and O–H groups in total. The summed E-state index contributed by atoms with van der Waals surface area (Å²) >= 11 is 0. The number of hydrogen-bond acceptors (Lipinski definition) is 8. The fourth-order valence-electron chi connectivity index (χ4n) is 7.34. The van der Waals surface area contributed by atoms with Crippen molar-refractivity contribution in [2.75, 3.05) is 26.4 Å². The second kappa shape index (κ2) is 32.9. The summed E-state index contributed by atoms with van der Waals surface area (Å²) in [6, 6.07) is 0. The highest BCUT2D eigenvalue weighted by Gasteiger charge is 2.27. The van der Waals surface area contributed by atoms with Crippen molar-refractivity contribution in [1.29, 1.82) is 0 Å². The van der Waals surface area contributed by atoms with E-state index in [9.17, 15) is 19.0 Å². The number of carbonyl (C=O) groups is 2. The van der Waals surface area contributed by atoms with Crippen LogP contribution in [0.25, 0.3) is 0 Å². The molecule has 0 saturated heterocycles. The first-order valence-corrected chi connectivity index (χ1v) is 24.1. The molecule has 0 radical (unpaired) electrons. The van der Waals surface area contributed by atoms with Gasteiger partial charge in [-0.15, -0.1) is 0 Å². The van der Waals surface area contributed by atoms with E-state index in [0.29, 0.717) is 11.8 Å². The molecule has 0 aliphatic heterocycles. The lowest BCUT2D eigenvalue weighted by Crippen LogP contribution is -2.30. The molecule has 10 heteroatoms. The molecule has 0 aliphatic rings. The zero-order chi connectivity index (χ0) is 41.6. The fourth-order valence-corrected chi connectivity index (χ4v) is 8.10. The average Bonchev–Trinajstić information content (AvgIpc) is 3.08. The second-order valence-corrected chi connectivity index (χ2v) is 20.0. The molecule has 0 aliphatic carbocycles. The summed E-state index contributed by atoms with van der Waals surface area (Å²) in [7, 11) is -4.40. The quantitative estimate of drug-likeness (QED) is 0.0465. The lowest BCUT2D eigenvalue weighted by atomic mass is 9.91. The van der Waals surface area contributed by atoms with Crippen LogP contribution in [0.1, 0.15) is 198 Å². The Balaban J connectivity index is 4.65. The average molecular weight is 804 g/mol. The number of nitrogens with two attached hydrogens (primary N) is 1. The van der Waals surface area contributed by atoms with Crippen molar-refractivity contribution in [3.05, 3.63) is 0 Å². The van der Waals surface area contributed by atoms with Gasteiger partial charge >= 0.3 is 19.8 Å². The van der Waals surface area contributed by atoms with Crippen LogP contribution >= 0.6 is 7.82 Å². The smallest absolute Gasteiger partial charge is 0.462 e. The Kier molecular flexibility index (Phi) is 32.3. The molecule has 55 heavy (non-hydrogen) atoms. The Morgan fingerprint density at radius 1 is 0.509 bits per heavy atom. The second-order valence-electron chi connectivity index (χ2n) is 18.6. The lowest BCUT2D eigenvalue weighted by molar-refractivity contribution is -0.162. The van der Waals surface area contributed by atoms with E-state index >= 15 is 0 Å². The number of carbonyl (C=O) groups excluding carboxylic acids is 2. The monoisotopic (exact) mass is 804 g/mol. The van der Waals surface area contributed by atoms with Crippen molar-refractivity contribution in [2.45, 2.75) is 204 Å². The molecule has 0 aromatic heterocycles. The molecule has 3 unspecified atom stereocenters. The van der Waals surface area contributed by atoms with E-state index in [0.717, 1.165) is 62.2 Å². The minimum Gasteiger partial charge on any atom is -0.462 e. The Bertz CT molecular complexity index is 994. The van der Waals surface area contributed by atoms with Gasteiger partial charge in [0.2, 0.25) is 0 Å². The molecule has 328 valence electrons. The van der Waals surface area contributed by atoms with Crippen LogP contribution < -0.4 is 5.73 Å². The van der Waals surface area contributed by atoms with Gasteiger partial charge < -0.3 is 20.1 Å². The minimum atomic E-state index is -4.40. The molecular formula is C45H90NO8P. The Morgan fingerprint density at radius 3 is 1.22 bits per heavy atom. The van der Waals surface area contributed by atoms with E-state index in [2.05, 4.69) is 62.3 Å². The predicted octanol–water partition coefficient (Wildman–Crippen LogP) is 12.5. The molecule has 0 fully saturated rings. The zero-order valence-electron chi connectivity index (χ0n) is 37.5. The van der Waals surface area contributed by atoms with E-state index in [4.69, 9.17) is 24.3 Å². The van der Waals surface area contributed by atoms with Crippen LogP contribution in [0.3, 0.4) is 0 Å². The maximum absolute atomic E-state index is 12.9. The first-order valence-electron chi connectivity index (χ1n) is 22.6. The maximum Gasteiger partial charge on any atom is 0.472 e. The number of ether oxygens (including phenoxy) is 2. The highest BCUT2D eigenvalue weighted by atomic mass is 31.2. The predicted molar refractivity (Wildman–Crippen MR) is 229 cm³/mol. The van der Waals surface area contributed by atoms with Gasteiger partial charge in [0.15, 0.2) is 6.10 Å². The van der Waals surface area contributed by atoms with Gasteiger partial charge in [0.25, 0.3) is 0 Å². The summed E-state index contributed by atoms with van der Waals surface area (Å²) < 4.78 is 33.3. The molecule has 0 rings (SSSR count). The van der Waals surface area contributed by atoms with E-state index in [1.807, 2.05) is 6.92 Å². The van der Waals surface area contributed by atoms with Crippen LogP contribution in [0, 0.1) is 47.3 Å². The maximum atomic E-state index is 12.9. The van der Waals surface area contributed by atoms with Crippen LogP contribution in [-0.4, -0.2) is 49.3 Å². The molecule has 0 spiro atoms. The van der Waals surface area contributed by atoms with Gasteiger partial charge in [-0.1, -0.05) is 185 Å². The standard InChI is InChI=1S/C45H90NO8P/c1-35(2)17-11-19-37(5)21-13-23-39(7)25-15-27-41(9)31-44(47)51-33-43(34-53-55(49,50)52-30-29-46)54-45(48)32-42(10)28-16-26-40(8)24-14-22-38(6)20-12-18-36(3)4/h35-43H,11-34,46H2,1-10H3,(H,49,50)/t37-,38-,39-,40-,41?,42?,43+/m0/s1. The number of phosphoric acid groups is 1. The largest absolute Gasteiger partial charge is 0.472 e. The molecule has 0 amide bonds. The van der Waals surface area contributed by atoms with Gasteiger partial charge in [-0.3, -0.25) is 18.6 Å². The van der Waals surface area contributed by atoms with Crippen LogP contribution in [0.5, 0.6) is 0 Å². The Morgan fingerprint density at radius 2 is 0.855 bits per heavy atom.